The van der Waals surface area contributed by atoms with Gasteiger partial charge in [0, 0.05) is 47.8 Å². The van der Waals surface area contributed by atoms with Crippen LogP contribution in [0.5, 0.6) is 0 Å². The van der Waals surface area contributed by atoms with Gasteiger partial charge >= 0.3 is 0 Å². The van der Waals surface area contributed by atoms with Gasteiger partial charge in [-0.15, -0.1) is 0 Å². The van der Waals surface area contributed by atoms with E-state index >= 15 is 0 Å². The highest BCUT2D eigenvalue weighted by atomic mass is 32.1. The maximum Gasteiger partial charge on any atom is 0.226 e. The Bertz CT molecular complexity index is 1630. The van der Waals surface area contributed by atoms with E-state index in [4.69, 9.17) is 12.2 Å². The highest BCUT2D eigenvalue weighted by Crippen LogP contribution is 2.40. The molecule has 1 saturated heterocycles. The smallest absolute Gasteiger partial charge is 0.226 e. The molecule has 3 aromatic heterocycles. The number of anilines is 1. The monoisotopic (exact) mass is 532 g/mol. The topological polar surface area (TPSA) is 75.1 Å². The van der Waals surface area contributed by atoms with Crippen molar-refractivity contribution >= 4 is 39.7 Å². The number of aryl methyl sites for hydroxylation is 1. The van der Waals surface area contributed by atoms with E-state index in [-0.39, 0.29) is 24.4 Å². The van der Waals surface area contributed by atoms with E-state index in [0.29, 0.717) is 11.7 Å². The number of hydrogen-bond donors (Lipinski definition) is 2. The quantitative estimate of drug-likeness (QED) is 0.261. The van der Waals surface area contributed by atoms with Crippen molar-refractivity contribution in [3.63, 3.8) is 0 Å². The number of thiocarbonyl (C=S) groups is 1. The van der Waals surface area contributed by atoms with E-state index in [2.05, 4.69) is 49.1 Å². The molecule has 2 atom stereocenters. The van der Waals surface area contributed by atoms with Crippen LogP contribution in [0.4, 0.5) is 5.69 Å². The number of fused-ring (bicyclic) bond motifs is 1. The summed E-state index contributed by atoms with van der Waals surface area (Å²) in [6.07, 6.45) is 5.70. The molecule has 1 fully saturated rings. The van der Waals surface area contributed by atoms with Gasteiger partial charge in [0.2, 0.25) is 5.91 Å². The molecule has 2 aromatic carbocycles. The lowest BCUT2D eigenvalue weighted by Gasteiger charge is -2.29. The Morgan fingerprint density at radius 2 is 1.82 bits per heavy atom. The highest BCUT2D eigenvalue weighted by Gasteiger charge is 2.41. The summed E-state index contributed by atoms with van der Waals surface area (Å²) in [5.74, 6) is -0.0620. The van der Waals surface area contributed by atoms with Crippen LogP contribution in [0.25, 0.3) is 16.5 Å². The highest BCUT2D eigenvalue weighted by molar-refractivity contribution is 7.80. The van der Waals surface area contributed by atoms with Crippen molar-refractivity contribution in [1.82, 2.24) is 24.8 Å². The number of benzene rings is 2. The lowest BCUT2D eigenvalue weighted by molar-refractivity contribution is -0.116. The maximum absolute atomic E-state index is 13.2. The molecule has 39 heavy (non-hydrogen) atoms. The summed E-state index contributed by atoms with van der Waals surface area (Å²) in [5.41, 5.74) is 4.82. The van der Waals surface area contributed by atoms with E-state index in [1.165, 1.54) is 0 Å². The summed E-state index contributed by atoms with van der Waals surface area (Å²) in [6, 6.07) is 27.7. The van der Waals surface area contributed by atoms with Crippen molar-refractivity contribution in [3.05, 3.63) is 121 Å². The largest absolute Gasteiger partial charge is 0.352 e. The third-order valence-electron chi connectivity index (χ3n) is 7.15. The molecule has 0 bridgehead atoms. The molecule has 0 saturated carbocycles. The van der Waals surface area contributed by atoms with Gasteiger partial charge in [0.1, 0.15) is 0 Å². The Labute approximate surface area is 232 Å². The molecule has 4 heterocycles. The third kappa shape index (κ3) is 4.86. The van der Waals surface area contributed by atoms with Crippen LogP contribution in [0.2, 0.25) is 0 Å². The summed E-state index contributed by atoms with van der Waals surface area (Å²) in [4.78, 5) is 24.3. The van der Waals surface area contributed by atoms with E-state index in [9.17, 15) is 4.79 Å². The zero-order valence-corrected chi connectivity index (χ0v) is 22.3. The summed E-state index contributed by atoms with van der Waals surface area (Å²) in [5, 5.41) is 9.30. The van der Waals surface area contributed by atoms with Gasteiger partial charge < -0.3 is 20.1 Å². The van der Waals surface area contributed by atoms with Gasteiger partial charge in [-0.05, 0) is 67.0 Å². The number of carbonyl (C=O) groups excluding carboxylic acids is 1. The Hall–Kier alpha value is -4.56. The summed E-state index contributed by atoms with van der Waals surface area (Å²) < 4.78 is 2.20. The van der Waals surface area contributed by atoms with Crippen LogP contribution in [0.3, 0.4) is 0 Å². The zero-order valence-electron chi connectivity index (χ0n) is 21.5. The van der Waals surface area contributed by atoms with Crippen molar-refractivity contribution in [3.8, 4) is 5.69 Å². The minimum atomic E-state index is -0.176. The number of amides is 1. The van der Waals surface area contributed by atoms with Gasteiger partial charge in [0.15, 0.2) is 5.11 Å². The van der Waals surface area contributed by atoms with E-state index in [0.717, 1.165) is 39.2 Å². The fourth-order valence-corrected chi connectivity index (χ4v) is 5.70. The van der Waals surface area contributed by atoms with Gasteiger partial charge in [0.25, 0.3) is 0 Å². The van der Waals surface area contributed by atoms with E-state index in [1.807, 2.05) is 79.0 Å². The molecule has 7 nitrogen and oxygen atoms in total. The van der Waals surface area contributed by atoms with Crippen molar-refractivity contribution in [1.29, 1.82) is 0 Å². The number of carbonyl (C=O) groups is 1. The molecule has 2 N–H and O–H groups in total. The molecular formula is C31H28N6OS. The van der Waals surface area contributed by atoms with Crippen molar-refractivity contribution in [2.24, 2.45) is 0 Å². The second-order valence-electron chi connectivity index (χ2n) is 9.59. The Balaban J connectivity index is 1.30. The molecule has 0 aliphatic carbocycles. The van der Waals surface area contributed by atoms with Gasteiger partial charge in [0.05, 0.1) is 29.7 Å². The fourth-order valence-electron chi connectivity index (χ4n) is 5.37. The van der Waals surface area contributed by atoms with E-state index in [1.54, 1.807) is 12.4 Å². The summed E-state index contributed by atoms with van der Waals surface area (Å²) in [7, 11) is 0. The molecule has 5 aromatic rings. The van der Waals surface area contributed by atoms with Crippen LogP contribution in [0.1, 0.15) is 35.6 Å². The zero-order chi connectivity index (χ0) is 26.8. The van der Waals surface area contributed by atoms with Crippen LogP contribution >= 0.6 is 12.2 Å². The van der Waals surface area contributed by atoms with Crippen molar-refractivity contribution < 1.29 is 4.79 Å². The van der Waals surface area contributed by atoms with Gasteiger partial charge in [-0.25, -0.2) is 0 Å². The van der Waals surface area contributed by atoms with Gasteiger partial charge in [-0.2, -0.15) is 0 Å². The minimum Gasteiger partial charge on any atom is -0.352 e. The van der Waals surface area contributed by atoms with Crippen LogP contribution in [0.15, 0.2) is 104 Å². The normalized spacial score (nSPS) is 16.8. The van der Waals surface area contributed by atoms with Crippen LogP contribution in [-0.4, -0.2) is 37.0 Å². The maximum atomic E-state index is 13.2. The van der Waals surface area contributed by atoms with Crippen molar-refractivity contribution in [2.45, 2.75) is 25.4 Å². The van der Waals surface area contributed by atoms with Gasteiger partial charge in [-0.3, -0.25) is 14.8 Å². The molecule has 0 spiro atoms. The predicted molar refractivity (Wildman–Crippen MR) is 158 cm³/mol. The van der Waals surface area contributed by atoms with Crippen LogP contribution < -0.4 is 10.6 Å². The number of nitrogens with one attached hydrogen (secondary N) is 2. The second-order valence-corrected chi connectivity index (χ2v) is 9.98. The Morgan fingerprint density at radius 1 is 0.974 bits per heavy atom. The summed E-state index contributed by atoms with van der Waals surface area (Å²) in [6.45, 7) is 2.53. The van der Waals surface area contributed by atoms with Crippen LogP contribution in [0, 0.1) is 6.92 Å². The standard InChI is InChI=1S/C31H28N6OS/c1-21-14-15-27(37(21)23-10-7-17-32-20-23)30-29(26-12-4-5-18-33-26)35-31(39)36(30)19-16-28(38)34-25-13-6-9-22-8-2-3-11-24(22)25/h2-15,17-18,20,29-30H,16,19H2,1H3,(H,34,38)(H,35,39)/t29-,30-/m1/s1. The van der Waals surface area contributed by atoms with Gasteiger partial charge in [-0.1, -0.05) is 42.5 Å². The average Bonchev–Trinajstić information content (AvgIpc) is 3.51. The van der Waals surface area contributed by atoms with Crippen molar-refractivity contribution in [2.75, 3.05) is 11.9 Å². The molecule has 1 aliphatic rings. The first kappa shape index (κ1) is 24.8. The molecular weight excluding hydrogens is 504 g/mol. The number of nitrogens with zero attached hydrogens (tertiary/aromatic N) is 4. The average molecular weight is 533 g/mol. The number of aromatic nitrogens is 3. The molecule has 8 heteroatoms. The Kier molecular flexibility index (Phi) is 6.77. The number of rotatable bonds is 7. The number of hydrogen-bond acceptors (Lipinski definition) is 4. The molecule has 0 radical (unpaired) electrons. The lowest BCUT2D eigenvalue weighted by Crippen LogP contribution is -2.33. The SMILES string of the molecule is Cc1ccc([C@@H]2[C@@H](c3ccccn3)NC(=S)N2CCC(=O)Nc2cccc3ccccc23)n1-c1cccnc1. The molecule has 194 valence electrons. The fraction of sp³-hybridized carbons (Fsp3) is 0.161. The first-order valence-electron chi connectivity index (χ1n) is 12.9. The number of pyridine rings is 2. The Morgan fingerprint density at radius 3 is 2.64 bits per heavy atom. The predicted octanol–water partition coefficient (Wildman–Crippen LogP) is 5.73. The molecule has 6 rings (SSSR count). The molecule has 0 unspecified atom stereocenters. The first-order chi connectivity index (χ1) is 19.1. The molecule has 1 amide bonds. The van der Waals surface area contributed by atoms with E-state index < -0.39 is 0 Å². The third-order valence-corrected chi connectivity index (χ3v) is 7.51. The summed E-state index contributed by atoms with van der Waals surface area (Å²) >= 11 is 5.84. The first-order valence-corrected chi connectivity index (χ1v) is 13.4. The second kappa shape index (κ2) is 10.7. The minimum absolute atomic E-state index is 0.0620. The lowest BCUT2D eigenvalue weighted by atomic mass is 10.0. The van der Waals surface area contributed by atoms with Crippen LogP contribution in [-0.2, 0) is 4.79 Å². The molecule has 1 aliphatic heterocycles.